The average Bonchev–Trinajstić information content (AvgIpc) is 3.22. The van der Waals surface area contributed by atoms with E-state index in [4.69, 9.17) is 16.7 Å². The largest absolute Gasteiger partial charge is 0.274 e. The van der Waals surface area contributed by atoms with Crippen LogP contribution in [-0.2, 0) is 9.59 Å². The second-order valence-electron chi connectivity index (χ2n) is 7.24. The van der Waals surface area contributed by atoms with Gasteiger partial charge in [-0.25, -0.2) is 4.68 Å². The molecular formula is C25H19ClN4O2. The van der Waals surface area contributed by atoms with Gasteiger partial charge < -0.3 is 0 Å². The smallest absolute Gasteiger partial charge is 0.271 e. The standard InChI is InChI=1S/C25H19ClN4O2/c1-3-29-24(31)21(16(2)22(14-27)25(29)32)13-18-15-30(20-7-5-4-6-8-20)28-23(18)17-9-11-19(26)12-10-17/h4-13,15H,3H2,1-2H3/b21-13+. The van der Waals surface area contributed by atoms with Gasteiger partial charge >= 0.3 is 0 Å². The van der Waals surface area contributed by atoms with Crippen molar-refractivity contribution in [1.29, 1.82) is 5.26 Å². The first-order chi connectivity index (χ1) is 15.4. The number of para-hydroxylation sites is 1. The number of imide groups is 1. The summed E-state index contributed by atoms with van der Waals surface area (Å²) in [6, 6.07) is 18.8. The van der Waals surface area contributed by atoms with Crippen LogP contribution in [0.5, 0.6) is 0 Å². The summed E-state index contributed by atoms with van der Waals surface area (Å²) in [5.74, 6) is -0.990. The molecule has 0 saturated carbocycles. The lowest BCUT2D eigenvalue weighted by molar-refractivity contribution is -0.140. The number of amides is 2. The molecule has 1 aliphatic rings. The van der Waals surface area contributed by atoms with Crippen LogP contribution < -0.4 is 0 Å². The number of rotatable bonds is 4. The first kappa shape index (κ1) is 21.3. The third-order valence-electron chi connectivity index (χ3n) is 5.32. The van der Waals surface area contributed by atoms with E-state index >= 15 is 0 Å². The van der Waals surface area contributed by atoms with Crippen LogP contribution in [0.15, 0.2) is 77.5 Å². The Labute approximate surface area is 190 Å². The van der Waals surface area contributed by atoms with Gasteiger partial charge in [0.1, 0.15) is 11.6 Å². The van der Waals surface area contributed by atoms with Crippen molar-refractivity contribution in [2.45, 2.75) is 13.8 Å². The number of halogens is 1. The fourth-order valence-corrected chi connectivity index (χ4v) is 3.74. The maximum Gasteiger partial charge on any atom is 0.271 e. The molecule has 0 bridgehead atoms. The quantitative estimate of drug-likeness (QED) is 0.429. The fraction of sp³-hybridized carbons (Fsp3) is 0.120. The van der Waals surface area contributed by atoms with Gasteiger partial charge in [0.05, 0.1) is 11.4 Å². The number of likely N-dealkylation sites (N-methyl/N-ethyl adjacent to an activating group) is 1. The molecule has 0 atom stereocenters. The summed E-state index contributed by atoms with van der Waals surface area (Å²) in [7, 11) is 0. The minimum atomic E-state index is -0.562. The maximum absolute atomic E-state index is 13.1. The minimum Gasteiger partial charge on any atom is -0.274 e. The van der Waals surface area contributed by atoms with Gasteiger partial charge in [-0.3, -0.25) is 14.5 Å². The Hall–Kier alpha value is -3.95. The van der Waals surface area contributed by atoms with Crippen LogP contribution in [0.1, 0.15) is 19.4 Å². The summed E-state index contributed by atoms with van der Waals surface area (Å²) in [6.07, 6.45) is 3.52. The lowest BCUT2D eigenvalue weighted by Gasteiger charge is -2.26. The summed E-state index contributed by atoms with van der Waals surface area (Å²) < 4.78 is 1.73. The molecule has 158 valence electrons. The summed E-state index contributed by atoms with van der Waals surface area (Å²) in [4.78, 5) is 26.6. The maximum atomic E-state index is 13.1. The van der Waals surface area contributed by atoms with Gasteiger partial charge in [0.2, 0.25) is 0 Å². The summed E-state index contributed by atoms with van der Waals surface area (Å²) in [5.41, 5.74) is 3.65. The van der Waals surface area contributed by atoms with Gasteiger partial charge in [0.25, 0.3) is 11.8 Å². The van der Waals surface area contributed by atoms with E-state index in [9.17, 15) is 14.9 Å². The van der Waals surface area contributed by atoms with E-state index in [-0.39, 0.29) is 12.1 Å². The van der Waals surface area contributed by atoms with Crippen LogP contribution in [0, 0.1) is 11.3 Å². The van der Waals surface area contributed by atoms with E-state index in [1.165, 1.54) is 0 Å². The zero-order valence-corrected chi connectivity index (χ0v) is 18.3. The highest BCUT2D eigenvalue weighted by atomic mass is 35.5. The molecule has 7 heteroatoms. The first-order valence-electron chi connectivity index (χ1n) is 10.0. The number of nitrogens with zero attached hydrogens (tertiary/aromatic N) is 4. The predicted octanol–water partition coefficient (Wildman–Crippen LogP) is 4.80. The molecule has 0 radical (unpaired) electrons. The van der Waals surface area contributed by atoms with Gasteiger partial charge in [-0.1, -0.05) is 41.9 Å². The molecule has 2 amide bonds. The number of aromatic nitrogens is 2. The molecule has 4 rings (SSSR count). The molecule has 32 heavy (non-hydrogen) atoms. The van der Waals surface area contributed by atoms with Crippen molar-refractivity contribution in [3.8, 4) is 23.0 Å². The Bertz CT molecular complexity index is 1310. The van der Waals surface area contributed by atoms with Crippen LogP contribution >= 0.6 is 11.6 Å². The van der Waals surface area contributed by atoms with Gasteiger partial charge in [-0.15, -0.1) is 0 Å². The summed E-state index contributed by atoms with van der Waals surface area (Å²) in [5, 5.41) is 14.9. The van der Waals surface area contributed by atoms with Crippen LogP contribution in [0.3, 0.4) is 0 Å². The predicted molar refractivity (Wildman–Crippen MR) is 123 cm³/mol. The Morgan fingerprint density at radius 2 is 1.75 bits per heavy atom. The molecule has 2 heterocycles. The van der Waals surface area contributed by atoms with Crippen molar-refractivity contribution in [3.05, 3.63) is 88.1 Å². The molecule has 0 fully saturated rings. The van der Waals surface area contributed by atoms with E-state index < -0.39 is 11.8 Å². The van der Waals surface area contributed by atoms with E-state index in [2.05, 4.69) is 0 Å². The molecule has 0 unspecified atom stereocenters. The molecule has 0 N–H and O–H groups in total. The lowest BCUT2D eigenvalue weighted by atomic mass is 9.93. The Kier molecular flexibility index (Phi) is 5.76. The summed E-state index contributed by atoms with van der Waals surface area (Å²) in [6.45, 7) is 3.51. The van der Waals surface area contributed by atoms with Crippen molar-refractivity contribution < 1.29 is 9.59 Å². The fourth-order valence-electron chi connectivity index (χ4n) is 3.61. The second-order valence-corrected chi connectivity index (χ2v) is 7.68. The zero-order valence-electron chi connectivity index (χ0n) is 17.5. The van der Waals surface area contributed by atoms with Crippen LogP contribution in [-0.4, -0.2) is 33.0 Å². The number of benzene rings is 2. The number of nitriles is 1. The highest BCUT2D eigenvalue weighted by molar-refractivity contribution is 6.30. The van der Waals surface area contributed by atoms with E-state index in [1.54, 1.807) is 36.7 Å². The highest BCUT2D eigenvalue weighted by Gasteiger charge is 2.34. The van der Waals surface area contributed by atoms with Crippen LogP contribution in [0.2, 0.25) is 5.02 Å². The Morgan fingerprint density at radius 3 is 2.38 bits per heavy atom. The van der Waals surface area contributed by atoms with Crippen molar-refractivity contribution in [2.24, 2.45) is 0 Å². The highest BCUT2D eigenvalue weighted by Crippen LogP contribution is 2.31. The normalized spacial score (nSPS) is 15.4. The van der Waals surface area contributed by atoms with E-state index in [0.717, 1.165) is 16.2 Å². The van der Waals surface area contributed by atoms with E-state index in [0.29, 0.717) is 27.4 Å². The second kappa shape index (κ2) is 8.66. The van der Waals surface area contributed by atoms with Gasteiger partial charge in [0, 0.05) is 34.5 Å². The molecule has 3 aromatic rings. The Balaban J connectivity index is 1.93. The lowest BCUT2D eigenvalue weighted by Crippen LogP contribution is -2.42. The van der Waals surface area contributed by atoms with Crippen LogP contribution in [0.25, 0.3) is 23.0 Å². The van der Waals surface area contributed by atoms with Crippen molar-refractivity contribution >= 4 is 29.5 Å². The third-order valence-corrected chi connectivity index (χ3v) is 5.57. The molecule has 0 spiro atoms. The molecule has 0 aliphatic carbocycles. The Morgan fingerprint density at radius 1 is 1.06 bits per heavy atom. The van der Waals surface area contributed by atoms with Crippen molar-refractivity contribution in [3.63, 3.8) is 0 Å². The van der Waals surface area contributed by atoms with Crippen molar-refractivity contribution in [2.75, 3.05) is 6.54 Å². The molecule has 1 aromatic heterocycles. The minimum absolute atomic E-state index is 0.0267. The van der Waals surface area contributed by atoms with Gasteiger partial charge in [-0.2, -0.15) is 10.4 Å². The topological polar surface area (TPSA) is 79.0 Å². The molecular weight excluding hydrogens is 424 g/mol. The number of hydrogen-bond acceptors (Lipinski definition) is 4. The van der Waals surface area contributed by atoms with Crippen molar-refractivity contribution in [1.82, 2.24) is 14.7 Å². The molecule has 0 saturated heterocycles. The number of hydrogen-bond donors (Lipinski definition) is 0. The summed E-state index contributed by atoms with van der Waals surface area (Å²) >= 11 is 6.06. The zero-order chi connectivity index (χ0) is 22.8. The monoisotopic (exact) mass is 442 g/mol. The van der Waals surface area contributed by atoms with Crippen LogP contribution in [0.4, 0.5) is 0 Å². The average molecular weight is 443 g/mol. The van der Waals surface area contributed by atoms with Gasteiger partial charge in [-0.05, 0) is 49.8 Å². The number of carbonyl (C=O) groups excluding carboxylic acids is 2. The molecule has 1 aliphatic heterocycles. The third kappa shape index (κ3) is 3.75. The molecule has 6 nitrogen and oxygen atoms in total. The van der Waals surface area contributed by atoms with E-state index in [1.807, 2.05) is 54.7 Å². The van der Waals surface area contributed by atoms with Gasteiger partial charge in [0.15, 0.2) is 0 Å². The first-order valence-corrected chi connectivity index (χ1v) is 10.4. The SMILES string of the molecule is CCN1C(=O)C(C#N)=C(C)/C(=C\c2cn(-c3ccccc3)nc2-c2ccc(Cl)cc2)C1=O. The molecule has 2 aromatic carbocycles. The number of carbonyl (C=O) groups is 2.